The number of benzene rings is 2. The zero-order valence-electron chi connectivity index (χ0n) is 19.8. The van der Waals surface area contributed by atoms with E-state index in [0.717, 1.165) is 15.9 Å². The van der Waals surface area contributed by atoms with Crippen molar-refractivity contribution in [1.82, 2.24) is 10.3 Å². The summed E-state index contributed by atoms with van der Waals surface area (Å²) in [6, 6.07) is 12.0. The third-order valence-electron chi connectivity index (χ3n) is 6.50. The predicted molar refractivity (Wildman–Crippen MR) is 140 cm³/mol. The summed E-state index contributed by atoms with van der Waals surface area (Å²) in [5.41, 5.74) is 2.81. The molecule has 2 aromatic carbocycles. The van der Waals surface area contributed by atoms with Crippen LogP contribution in [0.1, 0.15) is 45.1 Å². The number of fused-ring (bicyclic) bond motifs is 1. The topological polar surface area (TPSA) is 114 Å². The van der Waals surface area contributed by atoms with E-state index in [1.807, 2.05) is 38.1 Å². The van der Waals surface area contributed by atoms with E-state index in [9.17, 15) is 19.7 Å². The van der Waals surface area contributed by atoms with Gasteiger partial charge in [-0.3, -0.25) is 25.0 Å². The highest BCUT2D eigenvalue weighted by Gasteiger charge is 2.43. The summed E-state index contributed by atoms with van der Waals surface area (Å²) in [7, 11) is 0. The molecule has 1 aromatic heterocycles. The van der Waals surface area contributed by atoms with Crippen molar-refractivity contribution < 1.29 is 14.5 Å². The molecule has 1 unspecified atom stereocenters. The number of thiazole rings is 1. The molecule has 36 heavy (non-hydrogen) atoms. The molecule has 8 nitrogen and oxygen atoms in total. The van der Waals surface area contributed by atoms with Gasteiger partial charge in [-0.15, -0.1) is 0 Å². The molecule has 3 aromatic rings. The SMILES string of the molecule is CC1=C(C(=O)Nc2nc3ccccc3s2)C(c2ccc(Cl)c([N+](=O)[O-])c2)C2=C(CC(C)(C)CC2=O)N1. The standard InChI is InChI=1S/C26H23ClN4O4S/c1-13-21(24(33)30-25-29-16-6-4-5-7-20(16)36-25)22(14-8-9-15(27)18(10-14)31(34)35)23-17(28-13)11-26(2,3)12-19(23)32/h4-10,22,28H,11-12H2,1-3H3,(H,29,30,33). The van der Waals surface area contributed by atoms with E-state index in [4.69, 9.17) is 11.6 Å². The summed E-state index contributed by atoms with van der Waals surface area (Å²) < 4.78 is 0.930. The van der Waals surface area contributed by atoms with Crippen LogP contribution in [0.5, 0.6) is 0 Å². The van der Waals surface area contributed by atoms with E-state index in [-0.39, 0.29) is 21.9 Å². The number of hydrogen-bond donors (Lipinski definition) is 2. The lowest BCUT2D eigenvalue weighted by Crippen LogP contribution is -2.39. The Morgan fingerprint density at radius 2 is 2.00 bits per heavy atom. The highest BCUT2D eigenvalue weighted by molar-refractivity contribution is 7.22. The molecule has 0 radical (unpaired) electrons. The third kappa shape index (κ3) is 4.29. The van der Waals surface area contributed by atoms with Crippen molar-refractivity contribution in [3.63, 3.8) is 0 Å². The molecule has 2 heterocycles. The number of ketones is 1. The maximum absolute atomic E-state index is 13.7. The Balaban J connectivity index is 1.62. The average Bonchev–Trinajstić information content (AvgIpc) is 3.19. The molecule has 2 aliphatic rings. The van der Waals surface area contributed by atoms with Gasteiger partial charge in [0.15, 0.2) is 10.9 Å². The Morgan fingerprint density at radius 1 is 1.25 bits per heavy atom. The van der Waals surface area contributed by atoms with Crippen LogP contribution in [0.15, 0.2) is 65.0 Å². The van der Waals surface area contributed by atoms with Gasteiger partial charge >= 0.3 is 0 Å². The van der Waals surface area contributed by atoms with Crippen molar-refractivity contribution in [1.29, 1.82) is 0 Å². The second kappa shape index (κ2) is 8.83. The minimum absolute atomic E-state index is 0.0100. The van der Waals surface area contributed by atoms with Crippen molar-refractivity contribution in [2.24, 2.45) is 5.41 Å². The Kier molecular flexibility index (Phi) is 5.92. The summed E-state index contributed by atoms with van der Waals surface area (Å²) >= 11 is 7.42. The summed E-state index contributed by atoms with van der Waals surface area (Å²) in [6.45, 7) is 5.82. The molecule has 2 N–H and O–H groups in total. The molecule has 0 saturated heterocycles. The lowest BCUT2D eigenvalue weighted by Gasteiger charge is -2.39. The Labute approximate surface area is 216 Å². The zero-order valence-corrected chi connectivity index (χ0v) is 21.4. The van der Waals surface area contributed by atoms with E-state index >= 15 is 0 Å². The van der Waals surface area contributed by atoms with Gasteiger partial charge in [0.1, 0.15) is 5.02 Å². The summed E-state index contributed by atoms with van der Waals surface area (Å²) in [5, 5.41) is 18.2. The van der Waals surface area contributed by atoms with Crippen LogP contribution in [0.3, 0.4) is 0 Å². The van der Waals surface area contributed by atoms with Gasteiger partial charge in [0.25, 0.3) is 11.6 Å². The smallest absolute Gasteiger partial charge is 0.288 e. The van der Waals surface area contributed by atoms with Crippen LogP contribution in [-0.2, 0) is 9.59 Å². The maximum Gasteiger partial charge on any atom is 0.288 e. The first-order chi connectivity index (χ1) is 17.0. The molecular formula is C26H23ClN4O4S. The Hall–Kier alpha value is -3.56. The molecule has 1 aliphatic heterocycles. The van der Waals surface area contributed by atoms with Gasteiger partial charge in [0.2, 0.25) is 0 Å². The van der Waals surface area contributed by atoms with Crippen LogP contribution in [0.4, 0.5) is 10.8 Å². The number of nitro benzene ring substituents is 1. The fraction of sp³-hybridized carbons (Fsp3) is 0.269. The number of aromatic nitrogens is 1. The lowest BCUT2D eigenvalue weighted by atomic mass is 9.68. The number of carbonyl (C=O) groups is 2. The van der Waals surface area contributed by atoms with Gasteiger partial charge in [-0.2, -0.15) is 0 Å². The van der Waals surface area contributed by atoms with E-state index in [2.05, 4.69) is 15.6 Å². The van der Waals surface area contributed by atoms with Crippen LogP contribution in [0, 0.1) is 15.5 Å². The minimum Gasteiger partial charge on any atom is -0.362 e. The molecule has 0 fully saturated rings. The van der Waals surface area contributed by atoms with Gasteiger partial charge in [0, 0.05) is 40.9 Å². The summed E-state index contributed by atoms with van der Waals surface area (Å²) in [6.07, 6.45) is 0.926. The van der Waals surface area contributed by atoms with Crippen LogP contribution in [0.25, 0.3) is 10.2 Å². The minimum atomic E-state index is -0.782. The highest BCUT2D eigenvalue weighted by Crippen LogP contribution is 2.47. The molecule has 0 saturated carbocycles. The quantitative estimate of drug-likeness (QED) is 0.316. The number of nitro groups is 1. The highest BCUT2D eigenvalue weighted by atomic mass is 35.5. The number of dihydropyridines is 1. The number of amides is 1. The van der Waals surface area contributed by atoms with Crippen molar-refractivity contribution >= 4 is 55.7 Å². The number of halogens is 1. The number of carbonyl (C=O) groups excluding carboxylic acids is 2. The number of para-hydroxylation sites is 1. The number of hydrogen-bond acceptors (Lipinski definition) is 7. The fourth-order valence-corrected chi connectivity index (χ4v) is 6.06. The number of nitrogens with zero attached hydrogens (tertiary/aromatic N) is 2. The second-order valence-electron chi connectivity index (χ2n) is 9.84. The fourth-order valence-electron chi connectivity index (χ4n) is 5.01. The van der Waals surface area contributed by atoms with Crippen LogP contribution in [-0.4, -0.2) is 21.6 Å². The number of rotatable bonds is 4. The van der Waals surface area contributed by atoms with Gasteiger partial charge < -0.3 is 5.32 Å². The number of nitrogens with one attached hydrogen (secondary N) is 2. The van der Waals surface area contributed by atoms with Crippen molar-refractivity contribution in [2.75, 3.05) is 5.32 Å². The first kappa shape index (κ1) is 24.1. The molecule has 5 rings (SSSR count). The average molecular weight is 523 g/mol. The lowest BCUT2D eigenvalue weighted by molar-refractivity contribution is -0.384. The molecule has 0 spiro atoms. The second-order valence-corrected chi connectivity index (χ2v) is 11.3. The molecule has 0 bridgehead atoms. The number of allylic oxidation sites excluding steroid dienone is 3. The number of anilines is 1. The Morgan fingerprint density at radius 3 is 2.72 bits per heavy atom. The molecule has 184 valence electrons. The molecule has 1 aliphatic carbocycles. The molecule has 1 amide bonds. The molecular weight excluding hydrogens is 500 g/mol. The van der Waals surface area contributed by atoms with E-state index in [1.54, 1.807) is 13.0 Å². The van der Waals surface area contributed by atoms with Crippen LogP contribution < -0.4 is 10.6 Å². The number of Topliss-reactive ketones (excluding diaryl/α,β-unsaturated/α-hetero) is 1. The van der Waals surface area contributed by atoms with Crippen LogP contribution in [0.2, 0.25) is 5.02 Å². The Bertz CT molecular complexity index is 1490. The van der Waals surface area contributed by atoms with E-state index < -0.39 is 16.7 Å². The first-order valence-corrected chi connectivity index (χ1v) is 12.6. The van der Waals surface area contributed by atoms with Crippen molar-refractivity contribution in [3.05, 3.63) is 85.7 Å². The van der Waals surface area contributed by atoms with Crippen molar-refractivity contribution in [2.45, 2.75) is 39.5 Å². The van der Waals surface area contributed by atoms with E-state index in [1.165, 1.54) is 23.5 Å². The normalized spacial score (nSPS) is 19.2. The van der Waals surface area contributed by atoms with Crippen LogP contribution >= 0.6 is 22.9 Å². The van der Waals surface area contributed by atoms with Gasteiger partial charge in [-0.1, -0.05) is 55.0 Å². The maximum atomic E-state index is 13.7. The van der Waals surface area contributed by atoms with Crippen molar-refractivity contribution in [3.8, 4) is 0 Å². The molecule has 10 heteroatoms. The van der Waals surface area contributed by atoms with Gasteiger partial charge in [-0.05, 0) is 42.5 Å². The first-order valence-electron chi connectivity index (χ1n) is 11.4. The largest absolute Gasteiger partial charge is 0.362 e. The van der Waals surface area contributed by atoms with Gasteiger partial charge in [0.05, 0.1) is 15.1 Å². The third-order valence-corrected chi connectivity index (χ3v) is 7.77. The molecule has 1 atom stereocenters. The monoisotopic (exact) mass is 522 g/mol. The van der Waals surface area contributed by atoms with E-state index in [0.29, 0.717) is 40.4 Å². The summed E-state index contributed by atoms with van der Waals surface area (Å²) in [5.74, 6) is -1.30. The predicted octanol–water partition coefficient (Wildman–Crippen LogP) is 6.10. The van der Waals surface area contributed by atoms with Gasteiger partial charge in [-0.25, -0.2) is 4.98 Å². The summed E-state index contributed by atoms with van der Waals surface area (Å²) in [4.78, 5) is 42.7. The zero-order chi connectivity index (χ0) is 25.8.